The first-order chi connectivity index (χ1) is 12.7. The van der Waals surface area contributed by atoms with E-state index in [1.165, 1.54) is 5.56 Å². The fourth-order valence-electron chi connectivity index (χ4n) is 3.21. The number of aromatic nitrogens is 3. The molecule has 6 heteroatoms. The van der Waals surface area contributed by atoms with Gasteiger partial charge in [0.25, 0.3) is 0 Å². The van der Waals surface area contributed by atoms with Gasteiger partial charge in [-0.3, -0.25) is 4.98 Å². The van der Waals surface area contributed by atoms with Crippen molar-refractivity contribution in [1.82, 2.24) is 19.9 Å². The number of ether oxygens (including phenoxy) is 1. The molecule has 3 aromatic rings. The molecule has 3 heterocycles. The van der Waals surface area contributed by atoms with Gasteiger partial charge >= 0.3 is 0 Å². The van der Waals surface area contributed by atoms with Crippen molar-refractivity contribution in [1.29, 1.82) is 0 Å². The fraction of sp³-hybridized carbons (Fsp3) is 0.300. The van der Waals surface area contributed by atoms with Crippen LogP contribution in [0.1, 0.15) is 17.1 Å². The summed E-state index contributed by atoms with van der Waals surface area (Å²) < 4.78 is 8.19. The van der Waals surface area contributed by atoms with Crippen molar-refractivity contribution in [2.45, 2.75) is 32.7 Å². The summed E-state index contributed by atoms with van der Waals surface area (Å²) in [6.45, 7) is 4.91. The first-order valence-corrected chi connectivity index (χ1v) is 9.11. The number of aryl methyl sites for hydroxylation is 1. The van der Waals surface area contributed by atoms with Gasteiger partial charge in [-0.15, -0.1) is 0 Å². The van der Waals surface area contributed by atoms with E-state index in [1.54, 1.807) is 0 Å². The van der Waals surface area contributed by atoms with Crippen LogP contribution in [0.5, 0.6) is 0 Å². The molecule has 0 aliphatic carbocycles. The molecule has 0 spiro atoms. The Morgan fingerprint density at radius 1 is 1.23 bits per heavy atom. The molecule has 1 aromatic carbocycles. The first-order valence-electron chi connectivity index (χ1n) is 8.74. The first kappa shape index (κ1) is 17.2. The predicted molar refractivity (Wildman–Crippen MR) is 102 cm³/mol. The van der Waals surface area contributed by atoms with Crippen LogP contribution in [0.25, 0.3) is 11.3 Å². The van der Waals surface area contributed by atoms with Crippen LogP contribution in [-0.2, 0) is 24.4 Å². The summed E-state index contributed by atoms with van der Waals surface area (Å²) in [6.07, 6.45) is 3.85. The molecule has 0 unspecified atom stereocenters. The molecule has 1 atom stereocenters. The lowest BCUT2D eigenvalue weighted by molar-refractivity contribution is 0.00321. The van der Waals surface area contributed by atoms with Crippen molar-refractivity contribution >= 4 is 11.6 Å². The molecule has 0 saturated heterocycles. The van der Waals surface area contributed by atoms with Gasteiger partial charge in [0.05, 0.1) is 30.2 Å². The number of rotatable bonds is 5. The van der Waals surface area contributed by atoms with Gasteiger partial charge in [-0.1, -0.05) is 29.8 Å². The van der Waals surface area contributed by atoms with E-state index in [4.69, 9.17) is 16.3 Å². The molecular formula is C20H21ClN4O. The third-order valence-electron chi connectivity index (χ3n) is 4.69. The molecule has 0 saturated carbocycles. The SMILES string of the molecule is Cc1cccnc1CNC[C@H]1Cn2c(-c3ccc(Cl)cc3)cnc2CO1. The second-order valence-electron chi connectivity index (χ2n) is 6.51. The van der Waals surface area contributed by atoms with E-state index in [0.29, 0.717) is 6.61 Å². The minimum Gasteiger partial charge on any atom is -0.367 e. The Labute approximate surface area is 158 Å². The standard InChI is InChI=1S/C20H21ClN4O/c1-14-3-2-8-23-18(14)10-22-9-17-12-25-19(11-24-20(25)13-26-17)15-4-6-16(21)7-5-15/h2-8,11,17,22H,9-10,12-13H2,1H3/t17-/m0/s1. The molecule has 5 nitrogen and oxygen atoms in total. The Morgan fingerprint density at radius 3 is 2.88 bits per heavy atom. The van der Waals surface area contributed by atoms with Crippen LogP contribution in [0.15, 0.2) is 48.8 Å². The smallest absolute Gasteiger partial charge is 0.135 e. The molecule has 4 rings (SSSR count). The molecule has 1 aliphatic rings. The van der Waals surface area contributed by atoms with E-state index in [2.05, 4.69) is 32.8 Å². The molecule has 1 N–H and O–H groups in total. The van der Waals surface area contributed by atoms with Crippen molar-refractivity contribution in [3.05, 3.63) is 70.9 Å². The van der Waals surface area contributed by atoms with Gasteiger partial charge < -0.3 is 14.6 Å². The average molecular weight is 369 g/mol. The number of halogens is 1. The number of nitrogens with zero attached hydrogens (tertiary/aromatic N) is 3. The van der Waals surface area contributed by atoms with Crippen LogP contribution in [-0.4, -0.2) is 27.2 Å². The Balaban J connectivity index is 1.42. The number of hydrogen-bond donors (Lipinski definition) is 1. The number of nitrogens with one attached hydrogen (secondary N) is 1. The predicted octanol–water partition coefficient (Wildman–Crippen LogP) is 3.60. The molecule has 0 fully saturated rings. The van der Waals surface area contributed by atoms with Crippen molar-refractivity contribution < 1.29 is 4.74 Å². The second kappa shape index (κ2) is 7.58. The summed E-state index contributed by atoms with van der Waals surface area (Å²) in [4.78, 5) is 8.92. The highest BCUT2D eigenvalue weighted by Crippen LogP contribution is 2.26. The molecule has 0 radical (unpaired) electrons. The lowest BCUT2D eigenvalue weighted by atomic mass is 10.1. The maximum Gasteiger partial charge on any atom is 0.135 e. The van der Waals surface area contributed by atoms with E-state index in [-0.39, 0.29) is 6.10 Å². The fourth-order valence-corrected chi connectivity index (χ4v) is 3.34. The summed E-state index contributed by atoms with van der Waals surface area (Å²) in [7, 11) is 0. The summed E-state index contributed by atoms with van der Waals surface area (Å²) in [5.74, 6) is 0.965. The van der Waals surface area contributed by atoms with Crippen molar-refractivity contribution in [2.24, 2.45) is 0 Å². The van der Waals surface area contributed by atoms with Crippen molar-refractivity contribution in [3.63, 3.8) is 0 Å². The van der Waals surface area contributed by atoms with E-state index in [9.17, 15) is 0 Å². The highest BCUT2D eigenvalue weighted by atomic mass is 35.5. The largest absolute Gasteiger partial charge is 0.367 e. The van der Waals surface area contributed by atoms with Crippen LogP contribution in [0, 0.1) is 6.92 Å². The second-order valence-corrected chi connectivity index (χ2v) is 6.94. The Bertz CT molecular complexity index is 891. The van der Waals surface area contributed by atoms with Gasteiger partial charge in [-0.25, -0.2) is 4.98 Å². The van der Waals surface area contributed by atoms with Gasteiger partial charge in [0.15, 0.2) is 0 Å². The molecule has 0 bridgehead atoms. The summed E-state index contributed by atoms with van der Waals surface area (Å²) in [6, 6.07) is 11.9. The maximum absolute atomic E-state index is 6.00. The summed E-state index contributed by atoms with van der Waals surface area (Å²) in [5, 5.41) is 4.20. The molecular weight excluding hydrogens is 348 g/mol. The zero-order valence-corrected chi connectivity index (χ0v) is 15.4. The molecule has 1 aliphatic heterocycles. The van der Waals surface area contributed by atoms with Gasteiger partial charge in [-0.05, 0) is 36.2 Å². The lowest BCUT2D eigenvalue weighted by Crippen LogP contribution is -2.36. The Hall–Kier alpha value is -2.21. The zero-order chi connectivity index (χ0) is 17.9. The minimum absolute atomic E-state index is 0.103. The van der Waals surface area contributed by atoms with E-state index < -0.39 is 0 Å². The number of pyridine rings is 1. The molecule has 2 aromatic heterocycles. The van der Waals surface area contributed by atoms with Crippen LogP contribution in [0.4, 0.5) is 0 Å². The van der Waals surface area contributed by atoms with Crippen LogP contribution in [0.3, 0.4) is 0 Å². The van der Waals surface area contributed by atoms with E-state index in [0.717, 1.165) is 47.4 Å². The van der Waals surface area contributed by atoms with E-state index in [1.807, 2.05) is 42.7 Å². The average Bonchev–Trinajstić information content (AvgIpc) is 3.07. The van der Waals surface area contributed by atoms with Crippen LogP contribution >= 0.6 is 11.6 Å². The number of hydrogen-bond acceptors (Lipinski definition) is 4. The maximum atomic E-state index is 6.00. The monoisotopic (exact) mass is 368 g/mol. The van der Waals surface area contributed by atoms with Crippen molar-refractivity contribution in [2.75, 3.05) is 6.54 Å². The van der Waals surface area contributed by atoms with Crippen molar-refractivity contribution in [3.8, 4) is 11.3 Å². The Morgan fingerprint density at radius 2 is 2.08 bits per heavy atom. The normalized spacial score (nSPS) is 16.5. The highest BCUT2D eigenvalue weighted by molar-refractivity contribution is 6.30. The van der Waals surface area contributed by atoms with Crippen LogP contribution in [0.2, 0.25) is 5.02 Å². The molecule has 0 amide bonds. The van der Waals surface area contributed by atoms with Gasteiger partial charge in [0.2, 0.25) is 0 Å². The Kier molecular flexibility index (Phi) is 5.02. The number of fused-ring (bicyclic) bond motifs is 1. The zero-order valence-electron chi connectivity index (χ0n) is 14.7. The third kappa shape index (κ3) is 3.65. The van der Waals surface area contributed by atoms with E-state index >= 15 is 0 Å². The molecule has 26 heavy (non-hydrogen) atoms. The lowest BCUT2D eigenvalue weighted by Gasteiger charge is -2.26. The summed E-state index contributed by atoms with van der Waals surface area (Å²) >= 11 is 6.00. The quantitative estimate of drug-likeness (QED) is 0.747. The number of imidazole rings is 1. The topological polar surface area (TPSA) is 52.0 Å². The van der Waals surface area contributed by atoms with Gasteiger partial charge in [-0.2, -0.15) is 0 Å². The summed E-state index contributed by atoms with van der Waals surface area (Å²) in [5.41, 5.74) is 4.50. The third-order valence-corrected chi connectivity index (χ3v) is 4.95. The number of benzene rings is 1. The molecule has 134 valence electrons. The van der Waals surface area contributed by atoms with Gasteiger partial charge in [0, 0.05) is 24.3 Å². The van der Waals surface area contributed by atoms with Crippen LogP contribution < -0.4 is 5.32 Å². The van der Waals surface area contributed by atoms with Gasteiger partial charge in [0.1, 0.15) is 12.4 Å². The highest BCUT2D eigenvalue weighted by Gasteiger charge is 2.22. The minimum atomic E-state index is 0.103.